The third-order valence-corrected chi connectivity index (χ3v) is 4.46. The first kappa shape index (κ1) is 17.1. The number of benzene rings is 2. The second kappa shape index (κ2) is 7.01. The topological polar surface area (TPSA) is 70.4 Å². The van der Waals surface area contributed by atoms with E-state index in [1.807, 2.05) is 42.2 Å². The number of hydrogen-bond donors (Lipinski definition) is 3. The van der Waals surface area contributed by atoms with Crippen LogP contribution in [0.1, 0.15) is 22.3 Å². The van der Waals surface area contributed by atoms with Gasteiger partial charge in [0.1, 0.15) is 6.17 Å². The molecule has 1 amide bonds. The average Bonchev–Trinajstić information content (AvgIpc) is 3.03. The van der Waals surface area contributed by atoms with Gasteiger partial charge < -0.3 is 21.3 Å². The van der Waals surface area contributed by atoms with E-state index >= 15 is 0 Å². The van der Waals surface area contributed by atoms with Gasteiger partial charge in [-0.15, -0.1) is 0 Å². The van der Waals surface area contributed by atoms with Gasteiger partial charge in [-0.3, -0.25) is 4.79 Å². The van der Waals surface area contributed by atoms with E-state index in [1.54, 1.807) is 13.1 Å². The van der Waals surface area contributed by atoms with Gasteiger partial charge in [0, 0.05) is 25.8 Å². The van der Waals surface area contributed by atoms with E-state index in [9.17, 15) is 9.18 Å². The normalized spacial score (nSPS) is 16.8. The number of halogens is 1. The maximum Gasteiger partial charge on any atom is 0.257 e. The first-order chi connectivity index (χ1) is 12.0. The minimum atomic E-state index is -0.872. The van der Waals surface area contributed by atoms with E-state index in [1.165, 1.54) is 0 Å². The van der Waals surface area contributed by atoms with Gasteiger partial charge >= 0.3 is 0 Å². The van der Waals surface area contributed by atoms with E-state index in [4.69, 9.17) is 5.73 Å². The number of carbonyl (C=O) groups is 1. The summed E-state index contributed by atoms with van der Waals surface area (Å²) in [6.45, 7) is 2.86. The van der Waals surface area contributed by atoms with Crippen LogP contribution in [0.15, 0.2) is 36.4 Å². The van der Waals surface area contributed by atoms with Crippen molar-refractivity contribution in [1.29, 1.82) is 0 Å². The van der Waals surface area contributed by atoms with Gasteiger partial charge in [0.05, 0.1) is 22.6 Å². The molecule has 5 nitrogen and oxygen atoms in total. The molecule has 25 heavy (non-hydrogen) atoms. The highest BCUT2D eigenvalue weighted by molar-refractivity contribution is 6.09. The number of hydrogen-bond acceptors (Lipinski definition) is 4. The summed E-state index contributed by atoms with van der Waals surface area (Å²) in [6, 6.07) is 11.0. The Hall–Kier alpha value is -2.76. The van der Waals surface area contributed by atoms with Crippen LogP contribution in [0.5, 0.6) is 0 Å². The monoisotopic (exact) mass is 342 g/mol. The molecule has 0 unspecified atom stereocenters. The standard InChI is InChI=1S/C19H23FN4O/c1-12-3-5-14(6-4-12)23-19(25)15-9-16(21)17(22-2)10-18(15)24-8-7-13(20)11-24/h3-6,9-10,13,22H,7-8,11,21H2,1-2H3,(H,23,25)/t13-/m1/s1. The Morgan fingerprint density at radius 2 is 2.00 bits per heavy atom. The predicted molar refractivity (Wildman–Crippen MR) is 101 cm³/mol. The van der Waals surface area contributed by atoms with Gasteiger partial charge in [-0.25, -0.2) is 4.39 Å². The van der Waals surface area contributed by atoms with E-state index in [0.717, 1.165) is 11.3 Å². The van der Waals surface area contributed by atoms with Crippen LogP contribution in [0.2, 0.25) is 0 Å². The molecule has 3 rings (SSSR count). The van der Waals surface area contributed by atoms with Gasteiger partial charge in [-0.05, 0) is 37.6 Å². The maximum atomic E-state index is 13.7. The first-order valence-electron chi connectivity index (χ1n) is 8.36. The molecule has 1 aliphatic heterocycles. The fourth-order valence-electron chi connectivity index (χ4n) is 3.04. The highest BCUT2D eigenvalue weighted by Crippen LogP contribution is 2.33. The van der Waals surface area contributed by atoms with Crippen LogP contribution >= 0.6 is 0 Å². The van der Waals surface area contributed by atoms with Crippen LogP contribution in [0, 0.1) is 6.92 Å². The van der Waals surface area contributed by atoms with Crippen LogP contribution in [-0.2, 0) is 0 Å². The fourth-order valence-corrected chi connectivity index (χ4v) is 3.04. The van der Waals surface area contributed by atoms with Crippen LogP contribution < -0.4 is 21.3 Å². The highest BCUT2D eigenvalue weighted by Gasteiger charge is 2.26. The Labute approximate surface area is 147 Å². The second-order valence-corrected chi connectivity index (χ2v) is 6.36. The Morgan fingerprint density at radius 1 is 1.28 bits per heavy atom. The summed E-state index contributed by atoms with van der Waals surface area (Å²) in [5.74, 6) is -0.254. The summed E-state index contributed by atoms with van der Waals surface area (Å²) < 4.78 is 13.7. The summed E-state index contributed by atoms with van der Waals surface area (Å²) in [6.07, 6.45) is -0.401. The summed E-state index contributed by atoms with van der Waals surface area (Å²) in [4.78, 5) is 14.7. The molecule has 1 atom stereocenters. The molecule has 0 aromatic heterocycles. The molecule has 2 aromatic rings. The van der Waals surface area contributed by atoms with Crippen molar-refractivity contribution < 1.29 is 9.18 Å². The lowest BCUT2D eigenvalue weighted by Crippen LogP contribution is -2.24. The van der Waals surface area contributed by atoms with Crippen molar-refractivity contribution in [1.82, 2.24) is 0 Å². The highest BCUT2D eigenvalue weighted by atomic mass is 19.1. The number of amides is 1. The molecule has 1 aliphatic rings. The molecular formula is C19H23FN4O. The maximum absolute atomic E-state index is 13.7. The zero-order chi connectivity index (χ0) is 18.0. The Balaban J connectivity index is 1.94. The van der Waals surface area contributed by atoms with Gasteiger partial charge in [-0.2, -0.15) is 0 Å². The Bertz CT molecular complexity index is 776. The molecular weight excluding hydrogens is 319 g/mol. The lowest BCUT2D eigenvalue weighted by Gasteiger charge is -2.23. The van der Waals surface area contributed by atoms with Crippen LogP contribution in [0.25, 0.3) is 0 Å². The van der Waals surface area contributed by atoms with Gasteiger partial charge in [-0.1, -0.05) is 17.7 Å². The van der Waals surface area contributed by atoms with E-state index in [-0.39, 0.29) is 12.5 Å². The number of rotatable bonds is 4. The number of carbonyl (C=O) groups excluding carboxylic acids is 1. The smallest absolute Gasteiger partial charge is 0.257 e. The van der Waals surface area contributed by atoms with Gasteiger partial charge in [0.2, 0.25) is 0 Å². The largest absolute Gasteiger partial charge is 0.397 e. The SMILES string of the molecule is CNc1cc(N2CC[C@@H](F)C2)c(C(=O)Nc2ccc(C)cc2)cc1N. The van der Waals surface area contributed by atoms with E-state index < -0.39 is 6.17 Å². The summed E-state index contributed by atoms with van der Waals surface area (Å²) >= 11 is 0. The number of nitrogens with one attached hydrogen (secondary N) is 2. The summed E-state index contributed by atoms with van der Waals surface area (Å²) in [5.41, 5.74) is 10.2. The molecule has 0 bridgehead atoms. The molecule has 2 aromatic carbocycles. The minimum absolute atomic E-state index is 0.254. The predicted octanol–water partition coefficient (Wildman–Crippen LogP) is 3.42. The Morgan fingerprint density at radius 3 is 2.60 bits per heavy atom. The van der Waals surface area contributed by atoms with Crippen molar-refractivity contribution in [3.63, 3.8) is 0 Å². The number of nitrogen functional groups attached to an aromatic ring is 1. The first-order valence-corrected chi connectivity index (χ1v) is 8.36. The molecule has 4 N–H and O–H groups in total. The zero-order valence-corrected chi connectivity index (χ0v) is 14.5. The Kier molecular flexibility index (Phi) is 4.79. The number of nitrogens with two attached hydrogens (primary N) is 1. The van der Waals surface area contributed by atoms with E-state index in [0.29, 0.717) is 35.6 Å². The average molecular weight is 342 g/mol. The molecule has 0 aliphatic carbocycles. The van der Waals surface area contributed by atoms with Crippen molar-refractivity contribution in [2.45, 2.75) is 19.5 Å². The van der Waals surface area contributed by atoms with Crippen LogP contribution in [-0.4, -0.2) is 32.2 Å². The lowest BCUT2D eigenvalue weighted by molar-refractivity contribution is 0.102. The summed E-state index contributed by atoms with van der Waals surface area (Å²) in [7, 11) is 1.77. The lowest BCUT2D eigenvalue weighted by atomic mass is 10.1. The molecule has 0 radical (unpaired) electrons. The third kappa shape index (κ3) is 3.68. The molecule has 1 fully saturated rings. The van der Waals surface area contributed by atoms with Crippen molar-refractivity contribution in [3.8, 4) is 0 Å². The summed E-state index contributed by atoms with van der Waals surface area (Å²) in [5, 5.41) is 5.91. The van der Waals surface area contributed by atoms with Crippen LogP contribution in [0.4, 0.5) is 27.1 Å². The van der Waals surface area contributed by atoms with Crippen molar-refractivity contribution >= 4 is 28.7 Å². The van der Waals surface area contributed by atoms with Gasteiger partial charge in [0.15, 0.2) is 0 Å². The molecule has 0 saturated carbocycles. The van der Waals surface area contributed by atoms with Crippen molar-refractivity contribution in [2.24, 2.45) is 0 Å². The third-order valence-electron chi connectivity index (χ3n) is 4.46. The van der Waals surface area contributed by atoms with Crippen molar-refractivity contribution in [2.75, 3.05) is 41.4 Å². The number of anilines is 4. The van der Waals surface area contributed by atoms with Gasteiger partial charge in [0.25, 0.3) is 5.91 Å². The molecule has 132 valence electrons. The molecule has 1 heterocycles. The number of nitrogens with zero attached hydrogens (tertiary/aromatic N) is 1. The number of alkyl halides is 1. The zero-order valence-electron chi connectivity index (χ0n) is 14.5. The molecule has 6 heteroatoms. The van der Waals surface area contributed by atoms with Crippen molar-refractivity contribution in [3.05, 3.63) is 47.5 Å². The second-order valence-electron chi connectivity index (χ2n) is 6.36. The quantitative estimate of drug-likeness (QED) is 0.745. The number of aryl methyl sites for hydroxylation is 1. The fraction of sp³-hybridized carbons (Fsp3) is 0.316. The van der Waals surface area contributed by atoms with Crippen LogP contribution in [0.3, 0.4) is 0 Å². The molecule has 0 spiro atoms. The molecule has 1 saturated heterocycles. The van der Waals surface area contributed by atoms with E-state index in [2.05, 4.69) is 10.6 Å². The minimum Gasteiger partial charge on any atom is -0.397 e.